The molecule has 160 valence electrons. The number of ether oxygens (including phenoxy) is 1. The van der Waals surface area contributed by atoms with E-state index in [1.54, 1.807) is 7.11 Å². The number of aromatic amines is 1. The average Bonchev–Trinajstić information content (AvgIpc) is 3.29. The second-order valence-electron chi connectivity index (χ2n) is 8.13. The molecule has 2 N–H and O–H groups in total. The molecule has 0 spiro atoms. The van der Waals surface area contributed by atoms with E-state index in [9.17, 15) is 4.79 Å². The Morgan fingerprint density at radius 3 is 2.56 bits per heavy atom. The van der Waals surface area contributed by atoms with Gasteiger partial charge in [0.1, 0.15) is 5.75 Å². The predicted octanol–water partition coefficient (Wildman–Crippen LogP) is 5.34. The van der Waals surface area contributed by atoms with Crippen molar-refractivity contribution in [2.75, 3.05) is 7.11 Å². The van der Waals surface area contributed by atoms with Gasteiger partial charge in [0.15, 0.2) is 0 Å². The number of benzene rings is 3. The summed E-state index contributed by atoms with van der Waals surface area (Å²) in [6.45, 7) is 1.99. The number of nitrogens with zero attached hydrogens (tertiary/aromatic N) is 1. The second kappa shape index (κ2) is 8.35. The summed E-state index contributed by atoms with van der Waals surface area (Å²) in [4.78, 5) is 12.7. The molecule has 32 heavy (non-hydrogen) atoms. The fourth-order valence-corrected chi connectivity index (χ4v) is 4.36. The zero-order valence-electron chi connectivity index (χ0n) is 18.2. The van der Waals surface area contributed by atoms with Crippen LogP contribution < -0.4 is 10.1 Å². The van der Waals surface area contributed by atoms with Crippen molar-refractivity contribution in [1.29, 1.82) is 0 Å². The van der Waals surface area contributed by atoms with E-state index in [1.165, 1.54) is 16.7 Å². The van der Waals surface area contributed by atoms with E-state index in [4.69, 9.17) is 4.74 Å². The van der Waals surface area contributed by atoms with Gasteiger partial charge in [-0.1, -0.05) is 42.5 Å². The second-order valence-corrected chi connectivity index (χ2v) is 8.13. The van der Waals surface area contributed by atoms with Gasteiger partial charge in [-0.3, -0.25) is 9.89 Å². The lowest BCUT2D eigenvalue weighted by molar-refractivity contribution is 0.0940. The molecule has 0 fully saturated rings. The number of rotatable bonds is 5. The molecule has 0 aliphatic heterocycles. The van der Waals surface area contributed by atoms with Crippen LogP contribution in [-0.2, 0) is 12.8 Å². The van der Waals surface area contributed by atoms with Crippen molar-refractivity contribution in [2.24, 2.45) is 0 Å². The first-order valence-electron chi connectivity index (χ1n) is 10.8. The molecular formula is C27H25N3O2. The Balaban J connectivity index is 1.36. The van der Waals surface area contributed by atoms with E-state index in [2.05, 4.69) is 27.6 Å². The Bertz CT molecular complexity index is 1260. The highest BCUT2D eigenvalue weighted by Gasteiger charge is 2.23. The van der Waals surface area contributed by atoms with Crippen LogP contribution in [0.2, 0.25) is 0 Å². The summed E-state index contributed by atoms with van der Waals surface area (Å²) in [6.07, 6.45) is 1.86. The lowest BCUT2D eigenvalue weighted by atomic mass is 9.87. The minimum atomic E-state index is -0.0835. The molecule has 4 aromatic rings. The Morgan fingerprint density at radius 2 is 1.81 bits per heavy atom. The van der Waals surface area contributed by atoms with Gasteiger partial charge >= 0.3 is 0 Å². The van der Waals surface area contributed by atoms with Crippen LogP contribution in [0.25, 0.3) is 22.5 Å². The summed E-state index contributed by atoms with van der Waals surface area (Å²) in [5.74, 6) is 0.794. The summed E-state index contributed by atoms with van der Waals surface area (Å²) in [7, 11) is 1.69. The average molecular weight is 424 g/mol. The van der Waals surface area contributed by atoms with Crippen molar-refractivity contribution in [3.8, 4) is 28.3 Å². The molecule has 0 radical (unpaired) electrons. The third-order valence-electron chi connectivity index (χ3n) is 6.16. The molecule has 1 atom stereocenters. The van der Waals surface area contributed by atoms with Gasteiger partial charge in [0.2, 0.25) is 0 Å². The number of H-pyrrole nitrogens is 1. The van der Waals surface area contributed by atoms with Crippen molar-refractivity contribution in [3.63, 3.8) is 0 Å². The van der Waals surface area contributed by atoms with Crippen LogP contribution in [0, 0.1) is 0 Å². The first-order valence-corrected chi connectivity index (χ1v) is 10.8. The van der Waals surface area contributed by atoms with Gasteiger partial charge in [0.05, 0.1) is 24.5 Å². The van der Waals surface area contributed by atoms with Gasteiger partial charge in [-0.25, -0.2) is 0 Å². The maximum Gasteiger partial charge on any atom is 0.251 e. The number of hydrogen-bond acceptors (Lipinski definition) is 3. The molecule has 0 saturated carbocycles. The smallest absolute Gasteiger partial charge is 0.251 e. The number of nitrogens with one attached hydrogen (secondary N) is 2. The number of carbonyl (C=O) groups excluding carboxylic acids is 1. The molecule has 5 rings (SSSR count). The first-order chi connectivity index (χ1) is 15.6. The van der Waals surface area contributed by atoms with Gasteiger partial charge < -0.3 is 10.1 Å². The summed E-state index contributed by atoms with van der Waals surface area (Å²) < 4.78 is 5.36. The van der Waals surface area contributed by atoms with Crippen LogP contribution in [-0.4, -0.2) is 23.2 Å². The number of aryl methyl sites for hydroxylation is 1. The number of carbonyl (C=O) groups is 1. The molecule has 1 aromatic heterocycles. The molecular weight excluding hydrogens is 398 g/mol. The monoisotopic (exact) mass is 423 g/mol. The summed E-state index contributed by atoms with van der Waals surface area (Å²) in [5, 5.41) is 10.9. The maximum absolute atomic E-state index is 12.7. The van der Waals surface area contributed by atoms with Crippen molar-refractivity contribution in [3.05, 3.63) is 95.1 Å². The van der Waals surface area contributed by atoms with Gasteiger partial charge in [0.25, 0.3) is 5.91 Å². The third-order valence-corrected chi connectivity index (χ3v) is 6.16. The standard InChI is InChI=1S/C27H25N3O2/c1-17(18-6-4-3-5-7-18)28-27(31)20-10-8-19(9-11-20)25-24-14-12-21-16-22(32-2)13-15-23(21)26(24)30-29-25/h3-11,13,15-17H,12,14H2,1-2H3,(H,28,31)(H,29,30)/t17-/m1/s1. The SMILES string of the molecule is COc1ccc2c(c1)CCc1c(-c3ccc(C(=O)N[C@H](C)c4ccccc4)cc3)n[nH]c1-2. The van der Waals surface area contributed by atoms with E-state index in [1.807, 2.05) is 67.6 Å². The fraction of sp³-hybridized carbons (Fsp3) is 0.185. The van der Waals surface area contributed by atoms with Crippen LogP contribution in [0.4, 0.5) is 0 Å². The number of aromatic nitrogens is 2. The van der Waals surface area contributed by atoms with Gasteiger partial charge in [-0.15, -0.1) is 0 Å². The van der Waals surface area contributed by atoms with E-state index in [0.717, 1.165) is 41.1 Å². The molecule has 0 unspecified atom stereocenters. The van der Waals surface area contributed by atoms with Gasteiger partial charge in [-0.2, -0.15) is 5.10 Å². The molecule has 1 aliphatic rings. The molecule has 1 aliphatic carbocycles. The Labute approximate surface area is 187 Å². The van der Waals surface area contributed by atoms with Crippen molar-refractivity contribution in [1.82, 2.24) is 15.5 Å². The van der Waals surface area contributed by atoms with Crippen molar-refractivity contribution < 1.29 is 9.53 Å². The topological polar surface area (TPSA) is 67.0 Å². The first kappa shape index (κ1) is 20.1. The lowest BCUT2D eigenvalue weighted by Gasteiger charge is -2.17. The van der Waals surface area contributed by atoms with Crippen LogP contribution in [0.5, 0.6) is 5.75 Å². The van der Waals surface area contributed by atoms with Crippen LogP contribution in [0.1, 0.15) is 40.0 Å². The third kappa shape index (κ3) is 3.66. The highest BCUT2D eigenvalue weighted by atomic mass is 16.5. The number of hydrogen-bond donors (Lipinski definition) is 2. The summed E-state index contributed by atoms with van der Waals surface area (Å²) in [6, 6.07) is 23.8. The number of amides is 1. The lowest BCUT2D eigenvalue weighted by Crippen LogP contribution is -2.26. The highest BCUT2D eigenvalue weighted by Crippen LogP contribution is 2.38. The normalized spacial score (nSPS) is 13.1. The number of fused-ring (bicyclic) bond motifs is 3. The molecule has 5 heteroatoms. The Hall–Kier alpha value is -3.86. The highest BCUT2D eigenvalue weighted by molar-refractivity contribution is 5.95. The van der Waals surface area contributed by atoms with E-state index < -0.39 is 0 Å². The van der Waals surface area contributed by atoms with E-state index in [0.29, 0.717) is 5.56 Å². The van der Waals surface area contributed by atoms with Crippen molar-refractivity contribution >= 4 is 5.91 Å². The van der Waals surface area contributed by atoms with Gasteiger partial charge in [0, 0.05) is 22.3 Å². The fourth-order valence-electron chi connectivity index (χ4n) is 4.36. The van der Waals surface area contributed by atoms with Crippen LogP contribution in [0.3, 0.4) is 0 Å². The molecule has 3 aromatic carbocycles. The van der Waals surface area contributed by atoms with Crippen molar-refractivity contribution in [2.45, 2.75) is 25.8 Å². The van der Waals surface area contributed by atoms with E-state index >= 15 is 0 Å². The summed E-state index contributed by atoms with van der Waals surface area (Å²) in [5.41, 5.74) is 8.42. The number of methoxy groups -OCH3 is 1. The quantitative estimate of drug-likeness (QED) is 0.455. The predicted molar refractivity (Wildman–Crippen MR) is 126 cm³/mol. The molecule has 0 bridgehead atoms. The molecule has 1 heterocycles. The van der Waals surface area contributed by atoms with Crippen LogP contribution >= 0.6 is 0 Å². The van der Waals surface area contributed by atoms with Gasteiger partial charge in [-0.05, 0) is 61.2 Å². The summed E-state index contributed by atoms with van der Waals surface area (Å²) >= 11 is 0. The zero-order valence-corrected chi connectivity index (χ0v) is 18.2. The molecule has 0 saturated heterocycles. The largest absolute Gasteiger partial charge is 0.497 e. The minimum absolute atomic E-state index is 0.0552. The van der Waals surface area contributed by atoms with Crippen LogP contribution in [0.15, 0.2) is 72.8 Å². The Kier molecular flexibility index (Phi) is 5.23. The molecule has 1 amide bonds. The molecule has 5 nitrogen and oxygen atoms in total. The van der Waals surface area contributed by atoms with E-state index in [-0.39, 0.29) is 11.9 Å². The maximum atomic E-state index is 12.7. The zero-order chi connectivity index (χ0) is 22.1. The minimum Gasteiger partial charge on any atom is -0.497 e. The Morgan fingerprint density at radius 1 is 1.03 bits per heavy atom.